The Morgan fingerprint density at radius 3 is 2.50 bits per heavy atom. The Balaban J connectivity index is 2.73. The van der Waals surface area contributed by atoms with Gasteiger partial charge >= 0.3 is 0 Å². The van der Waals surface area contributed by atoms with Crippen molar-refractivity contribution >= 4 is 5.69 Å². The molecule has 0 aliphatic rings. The lowest BCUT2D eigenvalue weighted by Crippen LogP contribution is -2.31. The standard InChI is InChI=1S/C14H24N2/c1-5-8-16(11(2)3)10-13-7-6-12(4)14(15)9-13/h6-7,9,11H,5,8,10,15H2,1-4H3. The molecule has 0 aliphatic heterocycles. The molecule has 0 saturated carbocycles. The van der Waals surface area contributed by atoms with E-state index in [1.165, 1.54) is 12.0 Å². The lowest BCUT2D eigenvalue weighted by molar-refractivity contribution is 0.213. The Labute approximate surface area is 99.5 Å². The molecule has 2 heteroatoms. The minimum absolute atomic E-state index is 0.586. The molecule has 0 unspecified atom stereocenters. The van der Waals surface area contributed by atoms with Crippen LogP contribution in [0.4, 0.5) is 5.69 Å². The van der Waals surface area contributed by atoms with Crippen LogP contribution in [0.15, 0.2) is 18.2 Å². The molecule has 0 radical (unpaired) electrons. The topological polar surface area (TPSA) is 29.3 Å². The zero-order valence-corrected chi connectivity index (χ0v) is 11.0. The number of nitrogen functional groups attached to an aromatic ring is 1. The van der Waals surface area contributed by atoms with Crippen LogP contribution in [0.3, 0.4) is 0 Å². The predicted molar refractivity (Wildman–Crippen MR) is 71.4 cm³/mol. The maximum Gasteiger partial charge on any atom is 0.0346 e. The average molecular weight is 220 g/mol. The molecule has 90 valence electrons. The van der Waals surface area contributed by atoms with Crippen molar-refractivity contribution in [3.8, 4) is 0 Å². The number of benzene rings is 1. The lowest BCUT2D eigenvalue weighted by atomic mass is 10.1. The molecule has 0 aliphatic carbocycles. The van der Waals surface area contributed by atoms with Crippen LogP contribution < -0.4 is 5.73 Å². The van der Waals surface area contributed by atoms with Gasteiger partial charge in [0, 0.05) is 18.3 Å². The average Bonchev–Trinajstić information content (AvgIpc) is 2.22. The summed E-state index contributed by atoms with van der Waals surface area (Å²) in [5.41, 5.74) is 9.30. The first-order valence-corrected chi connectivity index (χ1v) is 6.13. The van der Waals surface area contributed by atoms with E-state index in [0.29, 0.717) is 6.04 Å². The highest BCUT2D eigenvalue weighted by Crippen LogP contribution is 2.15. The first-order valence-electron chi connectivity index (χ1n) is 6.13. The quantitative estimate of drug-likeness (QED) is 0.772. The second kappa shape index (κ2) is 5.90. The molecular weight excluding hydrogens is 196 g/mol. The fourth-order valence-electron chi connectivity index (χ4n) is 1.83. The molecule has 0 amide bonds. The fourth-order valence-corrected chi connectivity index (χ4v) is 1.83. The van der Waals surface area contributed by atoms with Crippen LogP contribution >= 0.6 is 0 Å². The van der Waals surface area contributed by atoms with Crippen molar-refractivity contribution in [2.75, 3.05) is 12.3 Å². The van der Waals surface area contributed by atoms with E-state index in [-0.39, 0.29) is 0 Å². The van der Waals surface area contributed by atoms with Gasteiger partial charge in [0.15, 0.2) is 0 Å². The van der Waals surface area contributed by atoms with Gasteiger partial charge in [0.1, 0.15) is 0 Å². The lowest BCUT2D eigenvalue weighted by Gasteiger charge is -2.26. The minimum Gasteiger partial charge on any atom is -0.399 e. The van der Waals surface area contributed by atoms with Crippen molar-refractivity contribution in [2.45, 2.75) is 46.7 Å². The zero-order valence-electron chi connectivity index (χ0n) is 11.0. The van der Waals surface area contributed by atoms with E-state index in [4.69, 9.17) is 5.73 Å². The van der Waals surface area contributed by atoms with Gasteiger partial charge in [-0.05, 0) is 50.9 Å². The summed E-state index contributed by atoms with van der Waals surface area (Å²) in [7, 11) is 0. The molecule has 1 aromatic rings. The normalized spacial score (nSPS) is 11.4. The first-order chi connectivity index (χ1) is 7.54. The summed E-state index contributed by atoms with van der Waals surface area (Å²) in [5, 5.41) is 0. The number of nitrogens with two attached hydrogens (primary N) is 1. The second-order valence-electron chi connectivity index (χ2n) is 4.76. The van der Waals surface area contributed by atoms with Crippen LogP contribution in [-0.4, -0.2) is 17.5 Å². The van der Waals surface area contributed by atoms with E-state index in [2.05, 4.69) is 43.9 Å². The molecule has 0 saturated heterocycles. The van der Waals surface area contributed by atoms with Gasteiger partial charge in [0.25, 0.3) is 0 Å². The fraction of sp³-hybridized carbons (Fsp3) is 0.571. The van der Waals surface area contributed by atoms with Gasteiger partial charge in [-0.15, -0.1) is 0 Å². The van der Waals surface area contributed by atoms with E-state index in [9.17, 15) is 0 Å². The largest absolute Gasteiger partial charge is 0.399 e. The Kier molecular flexibility index (Phi) is 4.81. The van der Waals surface area contributed by atoms with Crippen LogP contribution in [0.5, 0.6) is 0 Å². The molecule has 0 atom stereocenters. The number of anilines is 1. The molecule has 0 bridgehead atoms. The van der Waals surface area contributed by atoms with Crippen LogP contribution in [0.1, 0.15) is 38.3 Å². The molecule has 0 heterocycles. The number of nitrogens with zero attached hydrogens (tertiary/aromatic N) is 1. The molecule has 0 fully saturated rings. The summed E-state index contributed by atoms with van der Waals surface area (Å²) in [6.45, 7) is 10.9. The van der Waals surface area contributed by atoms with Crippen LogP contribution in [0.2, 0.25) is 0 Å². The third-order valence-electron chi connectivity index (χ3n) is 2.97. The van der Waals surface area contributed by atoms with Crippen molar-refractivity contribution in [2.24, 2.45) is 0 Å². The molecular formula is C14H24N2. The van der Waals surface area contributed by atoms with Crippen molar-refractivity contribution in [1.29, 1.82) is 0 Å². The molecule has 1 rings (SSSR count). The SMILES string of the molecule is CCCN(Cc1ccc(C)c(N)c1)C(C)C. The smallest absolute Gasteiger partial charge is 0.0346 e. The Hall–Kier alpha value is -1.02. The summed E-state index contributed by atoms with van der Waals surface area (Å²) in [6.07, 6.45) is 1.19. The Bertz CT molecular complexity index is 332. The van der Waals surface area contributed by atoms with Gasteiger partial charge < -0.3 is 5.73 Å². The van der Waals surface area contributed by atoms with Crippen molar-refractivity contribution in [3.05, 3.63) is 29.3 Å². The maximum absolute atomic E-state index is 5.93. The molecule has 2 nitrogen and oxygen atoms in total. The highest BCUT2D eigenvalue weighted by Gasteiger charge is 2.09. The summed E-state index contributed by atoms with van der Waals surface area (Å²) in [5.74, 6) is 0. The summed E-state index contributed by atoms with van der Waals surface area (Å²) in [6, 6.07) is 6.97. The van der Waals surface area contributed by atoms with Crippen molar-refractivity contribution in [1.82, 2.24) is 4.90 Å². The number of hydrogen-bond acceptors (Lipinski definition) is 2. The van der Waals surface area contributed by atoms with E-state index < -0.39 is 0 Å². The van der Waals surface area contributed by atoms with E-state index in [0.717, 1.165) is 24.3 Å². The third kappa shape index (κ3) is 3.53. The molecule has 0 spiro atoms. The molecule has 16 heavy (non-hydrogen) atoms. The van der Waals surface area contributed by atoms with Crippen molar-refractivity contribution < 1.29 is 0 Å². The second-order valence-corrected chi connectivity index (χ2v) is 4.76. The maximum atomic E-state index is 5.93. The van der Waals surface area contributed by atoms with Crippen molar-refractivity contribution in [3.63, 3.8) is 0 Å². The van der Waals surface area contributed by atoms with E-state index in [1.807, 2.05) is 6.92 Å². The van der Waals surface area contributed by atoms with Crippen LogP contribution in [0.25, 0.3) is 0 Å². The third-order valence-corrected chi connectivity index (χ3v) is 2.97. The van der Waals surface area contributed by atoms with Gasteiger partial charge in [0.2, 0.25) is 0 Å². The Morgan fingerprint density at radius 2 is 2.00 bits per heavy atom. The van der Waals surface area contributed by atoms with Crippen LogP contribution in [0, 0.1) is 6.92 Å². The number of aryl methyl sites for hydroxylation is 1. The van der Waals surface area contributed by atoms with Gasteiger partial charge in [0.05, 0.1) is 0 Å². The van der Waals surface area contributed by atoms with Crippen LogP contribution in [-0.2, 0) is 6.54 Å². The monoisotopic (exact) mass is 220 g/mol. The van der Waals surface area contributed by atoms with E-state index >= 15 is 0 Å². The minimum atomic E-state index is 0.586. The summed E-state index contributed by atoms with van der Waals surface area (Å²) in [4.78, 5) is 2.48. The molecule has 1 aromatic carbocycles. The summed E-state index contributed by atoms with van der Waals surface area (Å²) < 4.78 is 0. The Morgan fingerprint density at radius 1 is 1.31 bits per heavy atom. The highest BCUT2D eigenvalue weighted by molar-refractivity contribution is 5.48. The highest BCUT2D eigenvalue weighted by atomic mass is 15.1. The van der Waals surface area contributed by atoms with Gasteiger partial charge in [-0.2, -0.15) is 0 Å². The zero-order chi connectivity index (χ0) is 12.1. The van der Waals surface area contributed by atoms with Gasteiger partial charge in [-0.1, -0.05) is 19.1 Å². The predicted octanol–water partition coefficient (Wildman–Crippen LogP) is 3.20. The first kappa shape index (κ1) is 13.0. The number of rotatable bonds is 5. The van der Waals surface area contributed by atoms with E-state index in [1.54, 1.807) is 0 Å². The van der Waals surface area contributed by atoms with Gasteiger partial charge in [-0.3, -0.25) is 4.90 Å². The molecule has 2 N–H and O–H groups in total. The summed E-state index contributed by atoms with van der Waals surface area (Å²) >= 11 is 0. The van der Waals surface area contributed by atoms with Gasteiger partial charge in [-0.25, -0.2) is 0 Å². The number of hydrogen-bond donors (Lipinski definition) is 1. The molecule has 0 aromatic heterocycles.